The van der Waals surface area contributed by atoms with Gasteiger partial charge in [0.05, 0.1) is 11.1 Å². The number of rotatable bonds is 9. The average Bonchev–Trinajstić information content (AvgIpc) is 3.40. The van der Waals surface area contributed by atoms with Crippen molar-refractivity contribution in [2.45, 2.75) is 19.4 Å². The number of nitrogens with two attached hydrogens (primary N) is 1. The van der Waals surface area contributed by atoms with Gasteiger partial charge in [0, 0.05) is 36.2 Å². The monoisotopic (exact) mass is 509 g/mol. The van der Waals surface area contributed by atoms with Gasteiger partial charge in [0.2, 0.25) is 0 Å². The molecule has 0 saturated carbocycles. The molecule has 0 fully saturated rings. The van der Waals surface area contributed by atoms with E-state index in [2.05, 4.69) is 21.3 Å². The fourth-order valence-corrected chi connectivity index (χ4v) is 4.88. The third-order valence-electron chi connectivity index (χ3n) is 7.00. The summed E-state index contributed by atoms with van der Waals surface area (Å²) >= 11 is 0. The molecule has 4 N–H and O–H groups in total. The second kappa shape index (κ2) is 10.5. The largest absolute Gasteiger partial charge is 0.398 e. The van der Waals surface area contributed by atoms with Gasteiger partial charge in [-0.3, -0.25) is 19.3 Å². The minimum atomic E-state index is -0.252. The highest BCUT2D eigenvalue weighted by atomic mass is 16.2. The number of hydrogen-bond acceptors (Lipinski definition) is 5. The van der Waals surface area contributed by atoms with Gasteiger partial charge in [-0.2, -0.15) is 0 Å². The molecular formula is C30H31N5O3. The lowest BCUT2D eigenvalue weighted by atomic mass is 10.0. The van der Waals surface area contributed by atoms with E-state index < -0.39 is 0 Å². The van der Waals surface area contributed by atoms with Crippen molar-refractivity contribution in [2.24, 2.45) is 0 Å². The zero-order chi connectivity index (χ0) is 26.8. The van der Waals surface area contributed by atoms with Crippen molar-refractivity contribution in [3.8, 4) is 0 Å². The standard InChI is InChI=1S/C30H31N5O3/c1-34(2)15-14-21-24-17-19(13-16-35-29(37)22-8-4-5-9-23(22)30(35)38)11-12-26(24)33-27(21)28(36)32-18-20-7-3-6-10-25(20)31/h3-12,17,33H,13-16,18,31H2,1-2H3,(H,32,36). The maximum Gasteiger partial charge on any atom is 0.268 e. The second-order valence-electron chi connectivity index (χ2n) is 9.85. The summed E-state index contributed by atoms with van der Waals surface area (Å²) in [4.78, 5) is 45.5. The maximum absolute atomic E-state index is 13.3. The predicted molar refractivity (Wildman–Crippen MR) is 148 cm³/mol. The lowest BCUT2D eigenvalue weighted by Crippen LogP contribution is -2.31. The molecule has 38 heavy (non-hydrogen) atoms. The highest BCUT2D eigenvalue weighted by Gasteiger charge is 2.34. The molecule has 3 amide bonds. The number of nitrogen functional groups attached to an aromatic ring is 1. The minimum Gasteiger partial charge on any atom is -0.398 e. The summed E-state index contributed by atoms with van der Waals surface area (Å²) in [6, 6.07) is 20.4. The van der Waals surface area contributed by atoms with Crippen LogP contribution in [-0.4, -0.2) is 59.7 Å². The van der Waals surface area contributed by atoms with E-state index in [0.29, 0.717) is 48.4 Å². The van der Waals surface area contributed by atoms with E-state index in [-0.39, 0.29) is 17.7 Å². The minimum absolute atomic E-state index is 0.189. The third-order valence-corrected chi connectivity index (χ3v) is 7.00. The number of carbonyl (C=O) groups excluding carboxylic acids is 3. The normalized spacial score (nSPS) is 13.0. The smallest absolute Gasteiger partial charge is 0.268 e. The van der Waals surface area contributed by atoms with Crippen LogP contribution in [0.1, 0.15) is 47.9 Å². The Bertz CT molecular complexity index is 1500. The van der Waals surface area contributed by atoms with Crippen molar-refractivity contribution in [2.75, 3.05) is 32.9 Å². The van der Waals surface area contributed by atoms with Crippen molar-refractivity contribution < 1.29 is 14.4 Å². The lowest BCUT2D eigenvalue weighted by Gasteiger charge is -2.14. The molecule has 1 aliphatic rings. The van der Waals surface area contributed by atoms with Gasteiger partial charge in [-0.1, -0.05) is 36.4 Å². The topological polar surface area (TPSA) is 112 Å². The van der Waals surface area contributed by atoms with E-state index >= 15 is 0 Å². The quantitative estimate of drug-likeness (QED) is 0.236. The van der Waals surface area contributed by atoms with Crippen LogP contribution in [0, 0.1) is 0 Å². The summed E-state index contributed by atoms with van der Waals surface area (Å²) in [5.74, 6) is -0.693. The van der Waals surface area contributed by atoms with Crippen molar-refractivity contribution in [1.29, 1.82) is 0 Å². The Labute approximate surface area is 221 Å². The number of hydrogen-bond donors (Lipinski definition) is 3. The van der Waals surface area contributed by atoms with Crippen LogP contribution in [0.3, 0.4) is 0 Å². The molecule has 0 aliphatic carbocycles. The second-order valence-corrected chi connectivity index (χ2v) is 9.85. The number of amides is 3. The average molecular weight is 510 g/mol. The summed E-state index contributed by atoms with van der Waals surface area (Å²) in [5, 5.41) is 3.96. The molecule has 2 heterocycles. The van der Waals surface area contributed by atoms with Crippen LogP contribution in [0.5, 0.6) is 0 Å². The molecule has 8 nitrogen and oxygen atoms in total. The number of aromatic amines is 1. The Morgan fingerprint density at radius 3 is 2.32 bits per heavy atom. The van der Waals surface area contributed by atoms with E-state index in [1.165, 1.54) is 4.90 Å². The molecule has 0 saturated heterocycles. The molecular weight excluding hydrogens is 478 g/mol. The Morgan fingerprint density at radius 2 is 1.63 bits per heavy atom. The summed E-state index contributed by atoms with van der Waals surface area (Å²) in [6.07, 6.45) is 1.21. The van der Waals surface area contributed by atoms with Gasteiger partial charge in [0.25, 0.3) is 17.7 Å². The van der Waals surface area contributed by atoms with Crippen LogP contribution in [0.25, 0.3) is 10.9 Å². The number of anilines is 1. The fraction of sp³-hybridized carbons (Fsp3) is 0.233. The third kappa shape index (κ3) is 4.90. The van der Waals surface area contributed by atoms with Crippen LogP contribution in [0.2, 0.25) is 0 Å². The highest BCUT2D eigenvalue weighted by molar-refractivity contribution is 6.21. The Kier molecular flexibility index (Phi) is 6.98. The summed E-state index contributed by atoms with van der Waals surface area (Å²) in [6.45, 7) is 1.40. The molecule has 194 valence electrons. The zero-order valence-corrected chi connectivity index (χ0v) is 21.6. The maximum atomic E-state index is 13.3. The first-order chi connectivity index (χ1) is 18.3. The lowest BCUT2D eigenvalue weighted by molar-refractivity contribution is 0.0655. The molecule has 0 atom stereocenters. The van der Waals surface area contributed by atoms with E-state index in [4.69, 9.17) is 5.73 Å². The number of nitrogens with zero attached hydrogens (tertiary/aromatic N) is 2. The van der Waals surface area contributed by atoms with Crippen molar-refractivity contribution >= 4 is 34.3 Å². The first-order valence-corrected chi connectivity index (χ1v) is 12.7. The van der Waals surface area contributed by atoms with E-state index in [0.717, 1.165) is 34.1 Å². The number of H-pyrrole nitrogens is 1. The van der Waals surface area contributed by atoms with Crippen molar-refractivity contribution in [3.63, 3.8) is 0 Å². The number of nitrogens with one attached hydrogen (secondary N) is 2. The molecule has 4 aromatic rings. The van der Waals surface area contributed by atoms with Gasteiger partial charge >= 0.3 is 0 Å². The Hall–Kier alpha value is -4.43. The van der Waals surface area contributed by atoms with Crippen LogP contribution >= 0.6 is 0 Å². The van der Waals surface area contributed by atoms with E-state index in [1.54, 1.807) is 24.3 Å². The molecule has 0 spiro atoms. The molecule has 3 aromatic carbocycles. The Morgan fingerprint density at radius 1 is 0.947 bits per heavy atom. The number of para-hydroxylation sites is 1. The molecule has 1 aliphatic heterocycles. The summed E-state index contributed by atoms with van der Waals surface area (Å²) in [7, 11) is 4.00. The van der Waals surface area contributed by atoms with E-state index in [9.17, 15) is 14.4 Å². The first kappa shape index (κ1) is 25.2. The van der Waals surface area contributed by atoms with Gasteiger partial charge < -0.3 is 20.9 Å². The van der Waals surface area contributed by atoms with Crippen molar-refractivity contribution in [1.82, 2.24) is 20.1 Å². The van der Waals surface area contributed by atoms with Crippen LogP contribution in [-0.2, 0) is 19.4 Å². The van der Waals surface area contributed by atoms with Crippen LogP contribution in [0.15, 0.2) is 66.7 Å². The van der Waals surface area contributed by atoms with E-state index in [1.807, 2.05) is 50.5 Å². The van der Waals surface area contributed by atoms with Crippen molar-refractivity contribution in [3.05, 3.63) is 100 Å². The molecule has 0 radical (unpaired) electrons. The number of carbonyl (C=O) groups is 3. The SMILES string of the molecule is CN(C)CCc1c(C(=O)NCc2ccccc2N)[nH]c2ccc(CCN3C(=O)c4ccccc4C3=O)cc12. The van der Waals surface area contributed by atoms with Crippen LogP contribution in [0.4, 0.5) is 5.69 Å². The number of aromatic nitrogens is 1. The van der Waals surface area contributed by atoms with Gasteiger partial charge in [0.1, 0.15) is 5.69 Å². The van der Waals surface area contributed by atoms with Gasteiger partial charge in [-0.25, -0.2) is 0 Å². The first-order valence-electron chi connectivity index (χ1n) is 12.7. The fourth-order valence-electron chi connectivity index (χ4n) is 4.88. The highest BCUT2D eigenvalue weighted by Crippen LogP contribution is 2.27. The number of benzene rings is 3. The number of imide groups is 1. The molecule has 0 unspecified atom stereocenters. The Balaban J connectivity index is 1.37. The molecule has 0 bridgehead atoms. The van der Waals surface area contributed by atoms with Gasteiger partial charge in [-0.05, 0) is 74.0 Å². The predicted octanol–water partition coefficient (Wildman–Crippen LogP) is 3.62. The van der Waals surface area contributed by atoms with Gasteiger partial charge in [-0.15, -0.1) is 0 Å². The summed E-state index contributed by atoms with van der Waals surface area (Å²) < 4.78 is 0. The van der Waals surface area contributed by atoms with Crippen LogP contribution < -0.4 is 11.1 Å². The number of likely N-dealkylation sites (N-methyl/N-ethyl adjacent to an activating group) is 1. The summed E-state index contributed by atoms with van der Waals surface area (Å²) in [5.41, 5.74) is 11.8. The van der Waals surface area contributed by atoms with Gasteiger partial charge in [0.15, 0.2) is 0 Å². The molecule has 8 heteroatoms. The molecule has 1 aromatic heterocycles. The zero-order valence-electron chi connectivity index (χ0n) is 21.6. The molecule has 5 rings (SSSR count). The number of fused-ring (bicyclic) bond motifs is 2.